The summed E-state index contributed by atoms with van der Waals surface area (Å²) in [6.07, 6.45) is -1.02. The van der Waals surface area contributed by atoms with Crippen LogP contribution in [-0.4, -0.2) is 34.1 Å². The van der Waals surface area contributed by atoms with Crippen LogP contribution in [0.5, 0.6) is 0 Å². The lowest BCUT2D eigenvalue weighted by atomic mass is 10.0. The zero-order valence-corrected chi connectivity index (χ0v) is 20.3. The molecular weight excluding hydrogens is 509 g/mol. The minimum absolute atomic E-state index is 0.0569. The normalized spacial score (nSPS) is 12.1. The van der Waals surface area contributed by atoms with E-state index in [9.17, 15) is 18.0 Å². The summed E-state index contributed by atoms with van der Waals surface area (Å²) in [5.41, 5.74) is -0.528. The molecule has 8 nitrogen and oxygen atoms in total. The third-order valence-electron chi connectivity index (χ3n) is 5.97. The van der Waals surface area contributed by atoms with E-state index in [4.69, 9.17) is 0 Å². The number of hydrogen-bond acceptors (Lipinski definition) is 5. The highest BCUT2D eigenvalue weighted by Gasteiger charge is 2.35. The first-order chi connectivity index (χ1) is 17.9. The van der Waals surface area contributed by atoms with Crippen molar-refractivity contribution in [3.8, 4) is 22.8 Å². The number of imidazole rings is 2. The molecule has 0 bridgehead atoms. The Bertz CT molecular complexity index is 1710. The first-order valence-corrected chi connectivity index (χ1v) is 11.4. The Hall–Kier alpha value is -4.42. The number of aromatic amines is 1. The molecule has 0 fully saturated rings. The predicted octanol–water partition coefficient (Wildman–Crippen LogP) is 5.05. The molecule has 0 amide bonds. The number of benzene rings is 1. The van der Waals surface area contributed by atoms with Crippen molar-refractivity contribution in [3.05, 3.63) is 81.9 Å². The summed E-state index contributed by atoms with van der Waals surface area (Å²) in [5.74, 6) is -2.36. The third kappa shape index (κ3) is 4.44. The van der Waals surface area contributed by atoms with Gasteiger partial charge in [0.05, 0.1) is 24.0 Å². The zero-order valence-electron chi connectivity index (χ0n) is 20.3. The second-order valence-electron chi connectivity index (χ2n) is 9.03. The average molecular weight is 529 g/mol. The molecule has 196 valence electrons. The molecule has 0 saturated heterocycles. The minimum atomic E-state index is -4.77. The molecule has 0 aliphatic carbocycles. The van der Waals surface area contributed by atoms with E-state index in [1.165, 1.54) is 17.8 Å². The largest absolute Gasteiger partial charge is 0.434 e. The summed E-state index contributed by atoms with van der Waals surface area (Å²) in [7, 11) is 1.21. The summed E-state index contributed by atoms with van der Waals surface area (Å²) in [5, 5.41) is 0. The Labute approximate surface area is 211 Å². The molecule has 5 rings (SSSR count). The molecule has 0 spiro atoms. The number of nitrogens with zero attached hydrogens (tertiary/aromatic N) is 6. The lowest BCUT2D eigenvalue weighted by molar-refractivity contribution is -0.140. The van der Waals surface area contributed by atoms with Crippen LogP contribution in [0.1, 0.15) is 36.7 Å². The maximum Gasteiger partial charge on any atom is 0.434 e. The monoisotopic (exact) mass is 529 g/mol. The van der Waals surface area contributed by atoms with E-state index >= 15 is 8.78 Å². The van der Waals surface area contributed by atoms with Gasteiger partial charge in [-0.3, -0.25) is 9.55 Å². The SMILES string of the molecule is CC(C)c1ncccc1-c1ncc2[nH]c(=O)n(Cc3cc(F)c(-c4nc(C(F)(F)F)cn4C)c(F)c3)c2n1. The van der Waals surface area contributed by atoms with Gasteiger partial charge in [-0.25, -0.2) is 28.5 Å². The number of hydrogen-bond donors (Lipinski definition) is 1. The molecule has 13 heteroatoms. The fourth-order valence-corrected chi connectivity index (χ4v) is 4.24. The molecule has 0 saturated carbocycles. The number of halogens is 5. The molecule has 1 N–H and O–H groups in total. The van der Waals surface area contributed by atoms with Crippen molar-refractivity contribution in [2.75, 3.05) is 0 Å². The van der Waals surface area contributed by atoms with Crippen molar-refractivity contribution in [3.63, 3.8) is 0 Å². The van der Waals surface area contributed by atoms with Gasteiger partial charge in [-0.15, -0.1) is 0 Å². The maximum absolute atomic E-state index is 15.0. The van der Waals surface area contributed by atoms with Gasteiger partial charge in [0.15, 0.2) is 17.2 Å². The fourth-order valence-electron chi connectivity index (χ4n) is 4.24. The van der Waals surface area contributed by atoms with E-state index in [0.717, 1.165) is 22.4 Å². The number of rotatable bonds is 5. The first-order valence-electron chi connectivity index (χ1n) is 11.4. The molecule has 0 aliphatic heterocycles. The van der Waals surface area contributed by atoms with E-state index in [1.807, 2.05) is 19.9 Å². The Balaban J connectivity index is 1.55. The van der Waals surface area contributed by atoms with E-state index in [0.29, 0.717) is 23.1 Å². The van der Waals surface area contributed by atoms with Gasteiger partial charge in [0.25, 0.3) is 0 Å². The van der Waals surface area contributed by atoms with Gasteiger partial charge in [-0.1, -0.05) is 13.8 Å². The van der Waals surface area contributed by atoms with Crippen LogP contribution < -0.4 is 5.69 Å². The number of aryl methyl sites for hydroxylation is 1. The highest BCUT2D eigenvalue weighted by molar-refractivity contribution is 5.73. The van der Waals surface area contributed by atoms with Gasteiger partial charge in [0, 0.05) is 25.0 Å². The summed E-state index contributed by atoms with van der Waals surface area (Å²) in [6.45, 7) is 3.68. The number of nitrogens with one attached hydrogen (secondary N) is 1. The number of alkyl halides is 3. The van der Waals surface area contributed by atoms with E-state index < -0.39 is 40.6 Å². The fraction of sp³-hybridized carbons (Fsp3) is 0.240. The predicted molar refractivity (Wildman–Crippen MR) is 128 cm³/mol. The smallest absolute Gasteiger partial charge is 0.333 e. The molecule has 38 heavy (non-hydrogen) atoms. The summed E-state index contributed by atoms with van der Waals surface area (Å²) in [6, 6.07) is 5.45. The Morgan fingerprint density at radius 1 is 1.08 bits per heavy atom. The van der Waals surface area contributed by atoms with Crippen LogP contribution in [0.25, 0.3) is 33.9 Å². The Kier molecular flexibility index (Phi) is 6.08. The Morgan fingerprint density at radius 2 is 1.79 bits per heavy atom. The van der Waals surface area contributed by atoms with E-state index in [1.54, 1.807) is 12.3 Å². The van der Waals surface area contributed by atoms with Gasteiger partial charge in [0.1, 0.15) is 23.0 Å². The topological polar surface area (TPSA) is 94.3 Å². The van der Waals surface area contributed by atoms with Crippen molar-refractivity contribution in [1.29, 1.82) is 0 Å². The van der Waals surface area contributed by atoms with Crippen molar-refractivity contribution in [2.45, 2.75) is 32.5 Å². The van der Waals surface area contributed by atoms with Crippen LogP contribution in [0.4, 0.5) is 22.0 Å². The van der Waals surface area contributed by atoms with Crippen molar-refractivity contribution in [1.82, 2.24) is 34.1 Å². The van der Waals surface area contributed by atoms with Crippen LogP contribution in [0.2, 0.25) is 0 Å². The second-order valence-corrected chi connectivity index (χ2v) is 9.03. The lowest BCUT2D eigenvalue weighted by Gasteiger charge is -2.11. The van der Waals surface area contributed by atoms with Gasteiger partial charge < -0.3 is 9.55 Å². The van der Waals surface area contributed by atoms with Crippen molar-refractivity contribution >= 4 is 11.2 Å². The molecule has 4 aromatic heterocycles. The van der Waals surface area contributed by atoms with Gasteiger partial charge in [0.2, 0.25) is 0 Å². The van der Waals surface area contributed by atoms with Crippen LogP contribution >= 0.6 is 0 Å². The van der Waals surface area contributed by atoms with E-state index in [2.05, 4.69) is 24.9 Å². The van der Waals surface area contributed by atoms with Crippen LogP contribution in [0, 0.1) is 11.6 Å². The number of aromatic nitrogens is 7. The molecule has 5 aromatic rings. The Morgan fingerprint density at radius 3 is 2.42 bits per heavy atom. The van der Waals surface area contributed by atoms with E-state index in [-0.39, 0.29) is 23.7 Å². The molecule has 4 heterocycles. The van der Waals surface area contributed by atoms with Crippen LogP contribution in [0.3, 0.4) is 0 Å². The van der Waals surface area contributed by atoms with Crippen molar-refractivity contribution < 1.29 is 22.0 Å². The summed E-state index contributed by atoms with van der Waals surface area (Å²) >= 11 is 0. The third-order valence-corrected chi connectivity index (χ3v) is 5.97. The standard InChI is InChI=1S/C25H20F5N7O/c1-12(2)20-14(5-4-6-31-20)21-32-9-17-22(35-21)37(24(38)33-17)10-13-7-15(26)19(16(27)8-13)23-34-18(11-36(23)3)25(28,29)30/h4-9,11-12H,10H2,1-3H3,(H,33,38). The molecule has 0 atom stereocenters. The molecule has 0 aliphatic rings. The van der Waals surface area contributed by atoms with Crippen LogP contribution in [0.15, 0.2) is 47.7 Å². The van der Waals surface area contributed by atoms with Crippen LogP contribution in [-0.2, 0) is 19.8 Å². The maximum atomic E-state index is 15.0. The summed E-state index contributed by atoms with van der Waals surface area (Å²) < 4.78 is 71.2. The quantitative estimate of drug-likeness (QED) is 0.322. The molecule has 1 aromatic carbocycles. The second kappa shape index (κ2) is 9.15. The zero-order chi connectivity index (χ0) is 27.4. The first kappa shape index (κ1) is 25.2. The highest BCUT2D eigenvalue weighted by Crippen LogP contribution is 2.33. The molecular formula is C25H20F5N7O. The number of fused-ring (bicyclic) bond motifs is 1. The highest BCUT2D eigenvalue weighted by atomic mass is 19.4. The minimum Gasteiger partial charge on any atom is -0.333 e. The molecule has 0 unspecified atom stereocenters. The summed E-state index contributed by atoms with van der Waals surface area (Å²) in [4.78, 5) is 31.9. The average Bonchev–Trinajstić information content (AvgIpc) is 3.38. The number of pyridine rings is 1. The lowest BCUT2D eigenvalue weighted by Crippen LogP contribution is -2.18. The van der Waals surface area contributed by atoms with Gasteiger partial charge in [-0.2, -0.15) is 13.2 Å². The van der Waals surface area contributed by atoms with Gasteiger partial charge >= 0.3 is 11.9 Å². The number of H-pyrrole nitrogens is 1. The molecule has 0 radical (unpaired) electrons. The van der Waals surface area contributed by atoms with Gasteiger partial charge in [-0.05, 0) is 35.7 Å². The van der Waals surface area contributed by atoms with Crippen molar-refractivity contribution in [2.24, 2.45) is 7.05 Å².